The van der Waals surface area contributed by atoms with Crippen molar-refractivity contribution in [1.82, 2.24) is 10.0 Å². The van der Waals surface area contributed by atoms with Crippen LogP contribution in [0.15, 0.2) is 16.3 Å². The zero-order valence-corrected chi connectivity index (χ0v) is 13.1. The summed E-state index contributed by atoms with van der Waals surface area (Å²) in [4.78, 5) is 1.07. The summed E-state index contributed by atoms with van der Waals surface area (Å²) >= 11 is 1.35. The smallest absolute Gasteiger partial charge is 0.250 e. The molecule has 5 nitrogen and oxygen atoms in total. The molecular formula is C13H20N2O3S2. The Labute approximate surface area is 123 Å². The first-order chi connectivity index (χ1) is 9.56. The number of methoxy groups -OCH3 is 1. The normalized spacial score (nSPS) is 26.4. The van der Waals surface area contributed by atoms with Crippen molar-refractivity contribution >= 4 is 21.4 Å². The molecule has 0 spiro atoms. The molecule has 2 saturated carbocycles. The van der Waals surface area contributed by atoms with Gasteiger partial charge in [-0.15, -0.1) is 11.3 Å². The molecule has 0 atom stereocenters. The van der Waals surface area contributed by atoms with Crippen molar-refractivity contribution in [3.05, 3.63) is 17.0 Å². The molecule has 0 saturated heterocycles. The molecule has 1 aromatic rings. The maximum Gasteiger partial charge on any atom is 0.250 e. The highest BCUT2D eigenvalue weighted by atomic mass is 32.2. The summed E-state index contributed by atoms with van der Waals surface area (Å²) in [6.45, 7) is 0.764. The summed E-state index contributed by atoms with van der Waals surface area (Å²) < 4.78 is 32.8. The van der Waals surface area contributed by atoms with Crippen LogP contribution in [0, 0.1) is 0 Å². The number of nitrogens with one attached hydrogen (secondary N) is 2. The van der Waals surface area contributed by atoms with Crippen molar-refractivity contribution in [2.45, 2.75) is 54.6 Å². The van der Waals surface area contributed by atoms with Gasteiger partial charge >= 0.3 is 0 Å². The molecule has 1 aromatic heterocycles. The topological polar surface area (TPSA) is 67.4 Å². The summed E-state index contributed by atoms with van der Waals surface area (Å²) in [7, 11) is -1.71. The van der Waals surface area contributed by atoms with E-state index in [2.05, 4.69) is 10.0 Å². The van der Waals surface area contributed by atoms with Crippen LogP contribution in [0.2, 0.25) is 0 Å². The summed E-state index contributed by atoms with van der Waals surface area (Å²) in [6.07, 6.45) is 4.19. The van der Waals surface area contributed by atoms with Crippen molar-refractivity contribution in [2.24, 2.45) is 0 Å². The maximum atomic E-state index is 12.2. The average molecular weight is 316 g/mol. The maximum absolute atomic E-state index is 12.2. The van der Waals surface area contributed by atoms with E-state index in [1.165, 1.54) is 24.2 Å². The molecule has 0 aliphatic heterocycles. The van der Waals surface area contributed by atoms with Gasteiger partial charge in [0.25, 0.3) is 0 Å². The van der Waals surface area contributed by atoms with Crippen LogP contribution in [-0.2, 0) is 21.3 Å². The molecule has 7 heteroatoms. The third kappa shape index (κ3) is 3.40. The fraction of sp³-hybridized carbons (Fsp3) is 0.692. The predicted octanol–water partition coefficient (Wildman–Crippen LogP) is 1.46. The Morgan fingerprint density at radius 2 is 2.05 bits per heavy atom. The lowest BCUT2D eigenvalue weighted by Gasteiger charge is -2.34. The highest BCUT2D eigenvalue weighted by molar-refractivity contribution is 7.91. The second kappa shape index (κ2) is 5.73. The second-order valence-electron chi connectivity index (χ2n) is 5.52. The van der Waals surface area contributed by atoms with Gasteiger partial charge < -0.3 is 10.1 Å². The number of thiophene rings is 1. The number of rotatable bonds is 7. The monoisotopic (exact) mass is 316 g/mol. The minimum absolute atomic E-state index is 0.0140. The number of hydrogen-bond acceptors (Lipinski definition) is 5. The van der Waals surface area contributed by atoms with Crippen molar-refractivity contribution < 1.29 is 13.2 Å². The molecule has 0 radical (unpaired) electrons. The first-order valence-electron chi connectivity index (χ1n) is 6.94. The second-order valence-corrected chi connectivity index (χ2v) is 8.63. The van der Waals surface area contributed by atoms with E-state index in [0.29, 0.717) is 10.3 Å². The molecule has 0 amide bonds. The molecule has 0 unspecified atom stereocenters. The van der Waals surface area contributed by atoms with E-state index in [1.807, 2.05) is 6.07 Å². The quantitative estimate of drug-likeness (QED) is 0.799. The fourth-order valence-corrected chi connectivity index (χ4v) is 4.85. The molecule has 3 rings (SSSR count). The summed E-state index contributed by atoms with van der Waals surface area (Å²) in [6, 6.07) is 4.24. The van der Waals surface area contributed by atoms with Crippen LogP contribution < -0.4 is 10.0 Å². The van der Waals surface area contributed by atoms with Crippen LogP contribution in [0.1, 0.15) is 30.6 Å². The first-order valence-corrected chi connectivity index (χ1v) is 9.24. The van der Waals surface area contributed by atoms with E-state index >= 15 is 0 Å². The lowest BCUT2D eigenvalue weighted by molar-refractivity contribution is 0.0236. The number of hydrogen-bond donors (Lipinski definition) is 2. The Morgan fingerprint density at radius 1 is 1.30 bits per heavy atom. The Bertz CT molecular complexity index is 560. The molecule has 0 bridgehead atoms. The zero-order chi connectivity index (χ0) is 14.2. The van der Waals surface area contributed by atoms with Gasteiger partial charge in [-0.2, -0.15) is 0 Å². The number of sulfonamides is 1. The molecular weight excluding hydrogens is 296 g/mol. The molecule has 112 valence electrons. The van der Waals surface area contributed by atoms with Gasteiger partial charge in [0.05, 0.1) is 6.10 Å². The van der Waals surface area contributed by atoms with E-state index in [-0.39, 0.29) is 12.1 Å². The van der Waals surface area contributed by atoms with Crippen LogP contribution in [0.25, 0.3) is 0 Å². The number of ether oxygens (including phenoxy) is 1. The fourth-order valence-electron chi connectivity index (χ4n) is 2.26. The minimum atomic E-state index is -3.37. The van der Waals surface area contributed by atoms with Crippen molar-refractivity contribution in [3.63, 3.8) is 0 Å². The Hall–Kier alpha value is -0.470. The Kier molecular flexibility index (Phi) is 4.14. The van der Waals surface area contributed by atoms with Gasteiger partial charge in [0.15, 0.2) is 0 Å². The van der Waals surface area contributed by atoms with Gasteiger partial charge in [-0.25, -0.2) is 13.1 Å². The standard InChI is InChI=1S/C13H20N2O3S2/c1-18-11-6-10(7-11)15-20(16,17)13-5-4-12(19-13)8-14-9-2-3-9/h4-5,9-11,14-15H,2-3,6-8H2,1H3. The summed E-state index contributed by atoms with van der Waals surface area (Å²) in [5, 5.41) is 3.39. The van der Waals surface area contributed by atoms with Crippen molar-refractivity contribution in [2.75, 3.05) is 7.11 Å². The highest BCUT2D eigenvalue weighted by Gasteiger charge is 2.33. The highest BCUT2D eigenvalue weighted by Crippen LogP contribution is 2.27. The van der Waals surface area contributed by atoms with E-state index in [1.54, 1.807) is 13.2 Å². The van der Waals surface area contributed by atoms with Crippen LogP contribution in [0.4, 0.5) is 0 Å². The van der Waals surface area contributed by atoms with Crippen LogP contribution in [0.3, 0.4) is 0 Å². The van der Waals surface area contributed by atoms with Crippen LogP contribution >= 0.6 is 11.3 Å². The van der Waals surface area contributed by atoms with Crippen LogP contribution in [-0.4, -0.2) is 33.7 Å². The van der Waals surface area contributed by atoms with E-state index in [9.17, 15) is 8.42 Å². The molecule has 2 aliphatic carbocycles. The van der Waals surface area contributed by atoms with E-state index < -0.39 is 10.0 Å². The predicted molar refractivity (Wildman–Crippen MR) is 78.3 cm³/mol. The third-order valence-corrected chi connectivity index (χ3v) is 6.89. The summed E-state index contributed by atoms with van der Waals surface area (Å²) in [5.41, 5.74) is 0. The molecule has 2 fully saturated rings. The van der Waals surface area contributed by atoms with Gasteiger partial charge in [0, 0.05) is 30.6 Å². The van der Waals surface area contributed by atoms with E-state index in [0.717, 1.165) is 24.3 Å². The molecule has 2 N–H and O–H groups in total. The zero-order valence-electron chi connectivity index (χ0n) is 11.5. The minimum Gasteiger partial charge on any atom is -0.381 e. The molecule has 1 heterocycles. The Balaban J connectivity index is 1.56. The van der Waals surface area contributed by atoms with Gasteiger partial charge in [0.1, 0.15) is 4.21 Å². The lowest BCUT2D eigenvalue weighted by Crippen LogP contribution is -2.47. The lowest BCUT2D eigenvalue weighted by atomic mass is 9.90. The van der Waals surface area contributed by atoms with Gasteiger partial charge in [-0.3, -0.25) is 0 Å². The largest absolute Gasteiger partial charge is 0.381 e. The first kappa shape index (κ1) is 14.5. The van der Waals surface area contributed by atoms with Gasteiger partial charge in [-0.05, 0) is 37.8 Å². The Morgan fingerprint density at radius 3 is 2.70 bits per heavy atom. The molecule has 2 aliphatic rings. The van der Waals surface area contributed by atoms with Crippen LogP contribution in [0.5, 0.6) is 0 Å². The SMILES string of the molecule is COC1CC(NS(=O)(=O)c2ccc(CNC3CC3)s2)C1. The summed E-state index contributed by atoms with van der Waals surface area (Å²) in [5.74, 6) is 0. The van der Waals surface area contributed by atoms with Gasteiger partial charge in [-0.1, -0.05) is 0 Å². The third-order valence-electron chi connectivity index (χ3n) is 3.79. The van der Waals surface area contributed by atoms with E-state index in [4.69, 9.17) is 4.74 Å². The molecule has 0 aromatic carbocycles. The van der Waals surface area contributed by atoms with Crippen molar-refractivity contribution in [3.8, 4) is 0 Å². The van der Waals surface area contributed by atoms with Crippen molar-refractivity contribution in [1.29, 1.82) is 0 Å². The average Bonchev–Trinajstić information content (AvgIpc) is 3.07. The molecule has 20 heavy (non-hydrogen) atoms. The van der Waals surface area contributed by atoms with Gasteiger partial charge in [0.2, 0.25) is 10.0 Å².